The third kappa shape index (κ3) is 2.95. The van der Waals surface area contributed by atoms with Crippen molar-refractivity contribution >= 4 is 0 Å². The van der Waals surface area contributed by atoms with Crippen LogP contribution in [0.3, 0.4) is 0 Å². The number of ether oxygens (including phenoxy) is 3. The van der Waals surface area contributed by atoms with Crippen molar-refractivity contribution in [3.63, 3.8) is 0 Å². The average Bonchev–Trinajstić information content (AvgIpc) is 2.89. The number of benzene rings is 1. The first-order valence-corrected chi connectivity index (χ1v) is 7.06. The molecule has 4 nitrogen and oxygen atoms in total. The third-order valence-electron chi connectivity index (χ3n) is 3.93. The Kier molecular flexibility index (Phi) is 3.78. The number of nitrogens with one attached hydrogen (secondary N) is 1. The van der Waals surface area contributed by atoms with Crippen molar-refractivity contribution in [3.05, 3.63) is 18.2 Å². The molecule has 0 spiro atoms. The van der Waals surface area contributed by atoms with Crippen LogP contribution in [0.2, 0.25) is 0 Å². The Balaban J connectivity index is 1.55. The van der Waals surface area contributed by atoms with Gasteiger partial charge in [0.1, 0.15) is 5.75 Å². The lowest BCUT2D eigenvalue weighted by Crippen LogP contribution is -2.28. The van der Waals surface area contributed by atoms with E-state index in [1.165, 1.54) is 12.8 Å². The minimum atomic E-state index is 0.313. The lowest BCUT2D eigenvalue weighted by atomic mass is 9.87. The molecule has 0 amide bonds. The molecular formula is C15H21NO3. The third-order valence-corrected chi connectivity index (χ3v) is 3.93. The van der Waals surface area contributed by atoms with Crippen LogP contribution in [0.1, 0.15) is 25.7 Å². The summed E-state index contributed by atoms with van der Waals surface area (Å²) in [6.45, 7) is 1.44. The minimum Gasteiger partial charge on any atom is -0.490 e. The second kappa shape index (κ2) is 5.70. The van der Waals surface area contributed by atoms with Crippen LogP contribution in [0.15, 0.2) is 18.2 Å². The Hall–Kier alpha value is -1.42. The van der Waals surface area contributed by atoms with E-state index in [0.717, 1.165) is 42.6 Å². The summed E-state index contributed by atoms with van der Waals surface area (Å²) in [6, 6.07) is 5.82. The van der Waals surface area contributed by atoms with Crippen LogP contribution < -0.4 is 19.5 Å². The Labute approximate surface area is 114 Å². The van der Waals surface area contributed by atoms with Gasteiger partial charge in [0, 0.05) is 6.07 Å². The standard InChI is InChI=1S/C15H21NO3/c1-16-9-11-2-4-12(5-3-11)19-13-6-7-14-15(8-13)18-10-17-14/h6-8,11-12,16H,2-5,9-10H2,1H3. The topological polar surface area (TPSA) is 39.7 Å². The molecule has 1 aromatic rings. The van der Waals surface area contributed by atoms with Gasteiger partial charge in [0.2, 0.25) is 6.79 Å². The predicted octanol–water partition coefficient (Wildman–Crippen LogP) is 2.57. The van der Waals surface area contributed by atoms with Gasteiger partial charge in [-0.3, -0.25) is 0 Å². The zero-order chi connectivity index (χ0) is 13.1. The summed E-state index contributed by atoms with van der Waals surface area (Å²) in [5.41, 5.74) is 0. The van der Waals surface area contributed by atoms with Crippen LogP contribution in [0.25, 0.3) is 0 Å². The summed E-state index contributed by atoms with van der Waals surface area (Å²) in [5, 5.41) is 3.26. The molecule has 1 saturated carbocycles. The van der Waals surface area contributed by atoms with E-state index in [4.69, 9.17) is 14.2 Å². The largest absolute Gasteiger partial charge is 0.490 e. The van der Waals surface area contributed by atoms with Crippen molar-refractivity contribution in [3.8, 4) is 17.2 Å². The van der Waals surface area contributed by atoms with Gasteiger partial charge in [-0.05, 0) is 57.3 Å². The Morgan fingerprint density at radius 1 is 1.16 bits per heavy atom. The van der Waals surface area contributed by atoms with E-state index in [9.17, 15) is 0 Å². The number of hydrogen-bond acceptors (Lipinski definition) is 4. The molecule has 1 aliphatic carbocycles. The number of hydrogen-bond donors (Lipinski definition) is 1. The maximum Gasteiger partial charge on any atom is 0.231 e. The fourth-order valence-corrected chi connectivity index (χ4v) is 2.89. The van der Waals surface area contributed by atoms with E-state index in [0.29, 0.717) is 12.9 Å². The quantitative estimate of drug-likeness (QED) is 0.906. The zero-order valence-corrected chi connectivity index (χ0v) is 11.4. The van der Waals surface area contributed by atoms with Crippen LogP contribution in [0.4, 0.5) is 0 Å². The van der Waals surface area contributed by atoms with E-state index in [1.807, 2.05) is 25.2 Å². The maximum atomic E-state index is 6.05. The molecule has 1 aromatic carbocycles. The van der Waals surface area contributed by atoms with Crippen LogP contribution in [-0.2, 0) is 0 Å². The smallest absolute Gasteiger partial charge is 0.231 e. The zero-order valence-electron chi connectivity index (χ0n) is 11.4. The number of fused-ring (bicyclic) bond motifs is 1. The first-order valence-electron chi connectivity index (χ1n) is 7.06. The van der Waals surface area contributed by atoms with E-state index in [-0.39, 0.29) is 0 Å². The van der Waals surface area contributed by atoms with E-state index >= 15 is 0 Å². The van der Waals surface area contributed by atoms with Crippen molar-refractivity contribution in [2.24, 2.45) is 5.92 Å². The maximum absolute atomic E-state index is 6.05. The van der Waals surface area contributed by atoms with Crippen molar-refractivity contribution < 1.29 is 14.2 Å². The van der Waals surface area contributed by atoms with Crippen LogP contribution >= 0.6 is 0 Å². The van der Waals surface area contributed by atoms with Gasteiger partial charge in [-0.2, -0.15) is 0 Å². The monoisotopic (exact) mass is 263 g/mol. The van der Waals surface area contributed by atoms with Gasteiger partial charge in [0.25, 0.3) is 0 Å². The van der Waals surface area contributed by atoms with Gasteiger partial charge in [0.15, 0.2) is 11.5 Å². The molecule has 3 rings (SSSR count). The van der Waals surface area contributed by atoms with E-state index < -0.39 is 0 Å². The molecule has 1 N–H and O–H groups in total. The Morgan fingerprint density at radius 2 is 1.95 bits per heavy atom. The molecule has 0 saturated heterocycles. The SMILES string of the molecule is CNCC1CCC(Oc2ccc3c(c2)OCO3)CC1. The second-order valence-electron chi connectivity index (χ2n) is 5.33. The molecule has 1 heterocycles. The Morgan fingerprint density at radius 3 is 2.74 bits per heavy atom. The second-order valence-corrected chi connectivity index (χ2v) is 5.33. The normalized spacial score (nSPS) is 25.3. The molecule has 0 radical (unpaired) electrons. The first kappa shape index (κ1) is 12.6. The Bertz CT molecular complexity index is 427. The summed E-state index contributed by atoms with van der Waals surface area (Å²) >= 11 is 0. The molecule has 19 heavy (non-hydrogen) atoms. The highest BCUT2D eigenvalue weighted by molar-refractivity contribution is 5.46. The van der Waals surface area contributed by atoms with Gasteiger partial charge < -0.3 is 19.5 Å². The van der Waals surface area contributed by atoms with Crippen LogP contribution in [0.5, 0.6) is 17.2 Å². The fourth-order valence-electron chi connectivity index (χ4n) is 2.89. The number of rotatable bonds is 4. The summed E-state index contributed by atoms with van der Waals surface area (Å²) in [6.07, 6.45) is 5.11. The molecule has 0 atom stereocenters. The molecular weight excluding hydrogens is 242 g/mol. The highest BCUT2D eigenvalue weighted by Crippen LogP contribution is 2.36. The summed E-state index contributed by atoms with van der Waals surface area (Å²) in [7, 11) is 2.02. The van der Waals surface area contributed by atoms with Crippen molar-refractivity contribution in [2.75, 3.05) is 20.4 Å². The highest BCUT2D eigenvalue weighted by Gasteiger charge is 2.22. The van der Waals surface area contributed by atoms with E-state index in [1.54, 1.807) is 0 Å². The molecule has 1 aliphatic heterocycles. The summed E-state index contributed by atoms with van der Waals surface area (Å²) in [4.78, 5) is 0. The first-order chi connectivity index (χ1) is 9.35. The molecule has 0 aromatic heterocycles. The highest BCUT2D eigenvalue weighted by atomic mass is 16.7. The van der Waals surface area contributed by atoms with E-state index in [2.05, 4.69) is 5.32 Å². The van der Waals surface area contributed by atoms with Crippen molar-refractivity contribution in [2.45, 2.75) is 31.8 Å². The predicted molar refractivity (Wildman–Crippen MR) is 72.9 cm³/mol. The molecule has 0 unspecified atom stereocenters. The molecule has 2 aliphatic rings. The van der Waals surface area contributed by atoms with Crippen molar-refractivity contribution in [1.29, 1.82) is 0 Å². The molecule has 4 heteroatoms. The molecule has 104 valence electrons. The summed E-state index contributed by atoms with van der Waals surface area (Å²) < 4.78 is 16.7. The van der Waals surface area contributed by atoms with Crippen molar-refractivity contribution in [1.82, 2.24) is 5.32 Å². The lowest BCUT2D eigenvalue weighted by Gasteiger charge is -2.28. The average molecular weight is 263 g/mol. The van der Waals surface area contributed by atoms with Gasteiger partial charge in [0.05, 0.1) is 6.10 Å². The molecule has 0 bridgehead atoms. The lowest BCUT2D eigenvalue weighted by molar-refractivity contribution is 0.130. The van der Waals surface area contributed by atoms with Gasteiger partial charge in [-0.15, -0.1) is 0 Å². The minimum absolute atomic E-state index is 0.313. The van der Waals surface area contributed by atoms with Crippen LogP contribution in [-0.4, -0.2) is 26.5 Å². The fraction of sp³-hybridized carbons (Fsp3) is 0.600. The van der Waals surface area contributed by atoms with Gasteiger partial charge >= 0.3 is 0 Å². The summed E-state index contributed by atoms with van der Waals surface area (Å²) in [5.74, 6) is 3.30. The van der Waals surface area contributed by atoms with Crippen LogP contribution in [0, 0.1) is 5.92 Å². The molecule has 1 fully saturated rings. The van der Waals surface area contributed by atoms with Gasteiger partial charge in [-0.25, -0.2) is 0 Å². The van der Waals surface area contributed by atoms with Gasteiger partial charge in [-0.1, -0.05) is 0 Å².